The Morgan fingerprint density at radius 1 is 1.27 bits per heavy atom. The Hall–Kier alpha value is -1.82. The second-order valence-corrected chi connectivity index (χ2v) is 6.05. The van der Waals surface area contributed by atoms with Gasteiger partial charge in [-0.2, -0.15) is 0 Å². The summed E-state index contributed by atoms with van der Waals surface area (Å²) in [5.41, 5.74) is 0. The molecule has 6 nitrogen and oxygen atoms in total. The summed E-state index contributed by atoms with van der Waals surface area (Å²) in [4.78, 5) is 22.2. The molecule has 0 radical (unpaired) electrons. The van der Waals surface area contributed by atoms with Crippen LogP contribution in [0.15, 0.2) is 24.4 Å². The minimum Gasteiger partial charge on any atom is -0.444 e. The molecule has 1 unspecified atom stereocenters. The predicted octanol–water partition coefficient (Wildman–Crippen LogP) is 1.43. The number of cyclic esters (lactones) is 1. The quantitative estimate of drug-likeness (QED) is 0.824. The highest BCUT2D eigenvalue weighted by Gasteiger charge is 2.27. The lowest BCUT2D eigenvalue weighted by molar-refractivity contribution is 0.126. The number of carbonyl (C=O) groups excluding carboxylic acids is 1. The van der Waals surface area contributed by atoms with Gasteiger partial charge in [-0.25, -0.2) is 9.78 Å². The van der Waals surface area contributed by atoms with Crippen LogP contribution < -0.4 is 4.90 Å². The molecule has 0 aliphatic carbocycles. The van der Waals surface area contributed by atoms with Crippen LogP contribution in [0.3, 0.4) is 0 Å². The van der Waals surface area contributed by atoms with Crippen molar-refractivity contribution in [1.29, 1.82) is 0 Å². The van der Waals surface area contributed by atoms with Crippen LogP contribution in [0.5, 0.6) is 0 Å². The van der Waals surface area contributed by atoms with Gasteiger partial charge in [0.25, 0.3) is 0 Å². The van der Waals surface area contributed by atoms with Gasteiger partial charge in [0.2, 0.25) is 0 Å². The summed E-state index contributed by atoms with van der Waals surface area (Å²) in [6.07, 6.45) is 3.77. The first-order valence-corrected chi connectivity index (χ1v) is 8.02. The smallest absolute Gasteiger partial charge is 0.409 e. The van der Waals surface area contributed by atoms with Crippen LogP contribution in [0, 0.1) is 0 Å². The van der Waals surface area contributed by atoms with E-state index < -0.39 is 0 Å². The van der Waals surface area contributed by atoms with Gasteiger partial charge in [0.15, 0.2) is 0 Å². The Bertz CT molecular complexity index is 488. The van der Waals surface area contributed by atoms with Crippen LogP contribution in [0.25, 0.3) is 0 Å². The topological polar surface area (TPSA) is 48.9 Å². The average Bonchev–Trinajstić information content (AvgIpc) is 2.87. The van der Waals surface area contributed by atoms with Crippen LogP contribution in [0.1, 0.15) is 12.8 Å². The zero-order chi connectivity index (χ0) is 15.4. The van der Waals surface area contributed by atoms with Crippen molar-refractivity contribution in [2.24, 2.45) is 0 Å². The van der Waals surface area contributed by atoms with E-state index in [0.29, 0.717) is 0 Å². The zero-order valence-corrected chi connectivity index (χ0v) is 13.1. The average molecular weight is 304 g/mol. The summed E-state index contributed by atoms with van der Waals surface area (Å²) in [5, 5.41) is 0. The van der Waals surface area contributed by atoms with Gasteiger partial charge in [0.05, 0.1) is 6.54 Å². The number of piperazine rings is 1. The van der Waals surface area contributed by atoms with E-state index in [1.165, 1.54) is 0 Å². The molecule has 1 atom stereocenters. The van der Waals surface area contributed by atoms with E-state index in [0.717, 1.165) is 57.9 Å². The fraction of sp³-hybridized carbons (Fsp3) is 0.625. The van der Waals surface area contributed by atoms with E-state index in [1.807, 2.05) is 18.3 Å². The second kappa shape index (κ2) is 6.96. The van der Waals surface area contributed by atoms with Crippen molar-refractivity contribution in [1.82, 2.24) is 14.8 Å². The van der Waals surface area contributed by atoms with E-state index in [2.05, 4.69) is 20.9 Å². The first-order valence-electron chi connectivity index (χ1n) is 8.02. The molecule has 2 aliphatic rings. The molecular formula is C16H24N4O2. The van der Waals surface area contributed by atoms with E-state index in [4.69, 9.17) is 4.74 Å². The number of anilines is 1. The van der Waals surface area contributed by atoms with Crippen LogP contribution in [-0.2, 0) is 4.74 Å². The van der Waals surface area contributed by atoms with Gasteiger partial charge in [-0.05, 0) is 31.5 Å². The maximum Gasteiger partial charge on any atom is 0.409 e. The molecule has 0 N–H and O–H groups in total. The molecule has 22 heavy (non-hydrogen) atoms. The molecule has 0 saturated carbocycles. The van der Waals surface area contributed by atoms with E-state index in [1.54, 1.807) is 11.9 Å². The van der Waals surface area contributed by atoms with Crippen molar-refractivity contribution in [2.45, 2.75) is 18.9 Å². The van der Waals surface area contributed by atoms with Gasteiger partial charge in [0.1, 0.15) is 11.9 Å². The monoisotopic (exact) mass is 304 g/mol. The Kier molecular flexibility index (Phi) is 4.77. The summed E-state index contributed by atoms with van der Waals surface area (Å²) in [6.45, 7) is 6.00. The number of hydrogen-bond donors (Lipinski definition) is 0. The van der Waals surface area contributed by atoms with Crippen molar-refractivity contribution in [3.8, 4) is 0 Å². The van der Waals surface area contributed by atoms with E-state index in [-0.39, 0.29) is 12.2 Å². The number of amides is 1. The third-order valence-corrected chi connectivity index (χ3v) is 4.40. The molecule has 0 aromatic carbocycles. The molecule has 1 aromatic heterocycles. The molecule has 1 aromatic rings. The molecule has 2 saturated heterocycles. The SMILES string of the molecule is CN1CC(CCCN2CCN(c3ccccn3)CC2)OC1=O. The molecular weight excluding hydrogens is 280 g/mol. The molecule has 120 valence electrons. The number of pyridine rings is 1. The molecule has 0 spiro atoms. The van der Waals surface area contributed by atoms with Gasteiger partial charge in [-0.15, -0.1) is 0 Å². The lowest BCUT2D eigenvalue weighted by atomic mass is 10.2. The Morgan fingerprint density at radius 2 is 2.09 bits per heavy atom. The summed E-state index contributed by atoms with van der Waals surface area (Å²) in [7, 11) is 1.79. The number of nitrogens with zero attached hydrogens (tertiary/aromatic N) is 4. The minimum absolute atomic E-state index is 0.0762. The maximum atomic E-state index is 11.3. The highest BCUT2D eigenvalue weighted by Crippen LogP contribution is 2.16. The Balaban J connectivity index is 1.35. The van der Waals surface area contributed by atoms with Crippen LogP contribution in [-0.4, -0.2) is 73.3 Å². The molecule has 3 rings (SSSR count). The number of ether oxygens (including phenoxy) is 1. The van der Waals surface area contributed by atoms with Crippen molar-refractivity contribution < 1.29 is 9.53 Å². The van der Waals surface area contributed by atoms with Crippen LogP contribution >= 0.6 is 0 Å². The van der Waals surface area contributed by atoms with Crippen LogP contribution in [0.4, 0.5) is 10.6 Å². The summed E-state index contributed by atoms with van der Waals surface area (Å²) >= 11 is 0. The largest absolute Gasteiger partial charge is 0.444 e. The fourth-order valence-corrected chi connectivity index (χ4v) is 3.08. The molecule has 2 aliphatic heterocycles. The van der Waals surface area contributed by atoms with Gasteiger partial charge < -0.3 is 14.5 Å². The third-order valence-electron chi connectivity index (χ3n) is 4.40. The maximum absolute atomic E-state index is 11.3. The summed E-state index contributed by atoms with van der Waals surface area (Å²) < 4.78 is 5.29. The van der Waals surface area contributed by atoms with Crippen molar-refractivity contribution in [3.63, 3.8) is 0 Å². The van der Waals surface area contributed by atoms with E-state index in [9.17, 15) is 4.79 Å². The first-order chi connectivity index (χ1) is 10.7. The lowest BCUT2D eigenvalue weighted by Crippen LogP contribution is -2.47. The Morgan fingerprint density at radius 3 is 2.73 bits per heavy atom. The minimum atomic E-state index is -0.186. The molecule has 2 fully saturated rings. The van der Waals surface area contributed by atoms with Gasteiger partial charge in [-0.3, -0.25) is 4.90 Å². The highest BCUT2D eigenvalue weighted by molar-refractivity contribution is 5.69. The number of aromatic nitrogens is 1. The molecule has 0 bridgehead atoms. The fourth-order valence-electron chi connectivity index (χ4n) is 3.08. The first kappa shape index (κ1) is 15.1. The van der Waals surface area contributed by atoms with Crippen molar-refractivity contribution in [2.75, 3.05) is 51.2 Å². The van der Waals surface area contributed by atoms with Crippen molar-refractivity contribution >= 4 is 11.9 Å². The molecule has 6 heteroatoms. The van der Waals surface area contributed by atoms with Crippen molar-refractivity contribution in [3.05, 3.63) is 24.4 Å². The standard InChI is InChI=1S/C16H24N4O2/c1-18-13-14(22-16(18)21)5-4-8-19-9-11-20(12-10-19)15-6-2-3-7-17-15/h2-3,6-7,14H,4-5,8-13H2,1H3. The number of likely N-dealkylation sites (N-methyl/N-ethyl adjacent to an activating group) is 1. The summed E-state index contributed by atoms with van der Waals surface area (Å²) in [5.74, 6) is 1.07. The predicted molar refractivity (Wildman–Crippen MR) is 85.0 cm³/mol. The van der Waals surface area contributed by atoms with Gasteiger partial charge in [0, 0.05) is 39.4 Å². The molecule has 1 amide bonds. The Labute approximate surface area is 131 Å². The second-order valence-electron chi connectivity index (χ2n) is 6.05. The van der Waals surface area contributed by atoms with Gasteiger partial charge >= 0.3 is 6.09 Å². The molecule has 3 heterocycles. The normalized spacial score (nSPS) is 23.0. The van der Waals surface area contributed by atoms with Gasteiger partial charge in [-0.1, -0.05) is 6.07 Å². The number of carbonyl (C=O) groups is 1. The van der Waals surface area contributed by atoms with E-state index >= 15 is 0 Å². The lowest BCUT2D eigenvalue weighted by Gasteiger charge is -2.35. The zero-order valence-electron chi connectivity index (χ0n) is 13.1. The number of rotatable bonds is 5. The van der Waals surface area contributed by atoms with Crippen LogP contribution in [0.2, 0.25) is 0 Å². The summed E-state index contributed by atoms with van der Waals surface area (Å²) in [6, 6.07) is 6.06. The number of hydrogen-bond acceptors (Lipinski definition) is 5. The third kappa shape index (κ3) is 3.68. The highest BCUT2D eigenvalue weighted by atomic mass is 16.6.